The van der Waals surface area contributed by atoms with E-state index in [1.165, 1.54) is 11.1 Å². The number of ether oxygens (including phenoxy) is 1. The molecule has 1 heterocycles. The maximum Gasteiger partial charge on any atom is 0.222 e. The summed E-state index contributed by atoms with van der Waals surface area (Å²) >= 11 is 0. The van der Waals surface area contributed by atoms with E-state index in [0.29, 0.717) is 45.6 Å². The van der Waals surface area contributed by atoms with Crippen molar-refractivity contribution in [2.45, 2.75) is 45.4 Å². The van der Waals surface area contributed by atoms with Crippen LogP contribution in [-0.2, 0) is 16.0 Å². The molecule has 0 bridgehead atoms. The normalized spacial score (nSPS) is 13.8. The lowest BCUT2D eigenvalue weighted by molar-refractivity contribution is -0.139. The number of carbonyl (C=O) groups excluding carboxylic acids is 2. The van der Waals surface area contributed by atoms with E-state index >= 15 is 0 Å². The second-order valence-electron chi connectivity index (χ2n) is 8.22. The molecule has 5 heteroatoms. The quantitative estimate of drug-likeness (QED) is 0.538. The van der Waals surface area contributed by atoms with Crippen LogP contribution in [0.15, 0.2) is 54.6 Å². The fourth-order valence-corrected chi connectivity index (χ4v) is 3.88. The second-order valence-corrected chi connectivity index (χ2v) is 8.22. The predicted molar refractivity (Wildman–Crippen MR) is 123 cm³/mol. The van der Waals surface area contributed by atoms with Crippen molar-refractivity contribution in [1.82, 2.24) is 9.80 Å². The van der Waals surface area contributed by atoms with Gasteiger partial charge in [-0.05, 0) is 55.9 Å². The van der Waals surface area contributed by atoms with Crippen molar-refractivity contribution in [3.05, 3.63) is 65.7 Å². The zero-order valence-corrected chi connectivity index (χ0v) is 18.6. The van der Waals surface area contributed by atoms with Gasteiger partial charge in [-0.15, -0.1) is 0 Å². The first kappa shape index (κ1) is 22.9. The number of rotatable bonds is 10. The Morgan fingerprint density at radius 3 is 2.10 bits per heavy atom. The SMILES string of the molecule is Cc1cccc(OCCCCC(=O)N2CCN(C(=O)CCCc3ccccc3)CC2)c1. The van der Waals surface area contributed by atoms with Crippen LogP contribution in [0.3, 0.4) is 0 Å². The zero-order chi connectivity index (χ0) is 21.9. The minimum Gasteiger partial charge on any atom is -0.494 e. The summed E-state index contributed by atoms with van der Waals surface area (Å²) in [4.78, 5) is 28.7. The molecule has 0 unspecified atom stereocenters. The van der Waals surface area contributed by atoms with Crippen LogP contribution in [0.5, 0.6) is 5.75 Å². The van der Waals surface area contributed by atoms with Gasteiger partial charge in [0.05, 0.1) is 6.61 Å². The predicted octanol–water partition coefficient (Wildman–Crippen LogP) is 4.24. The van der Waals surface area contributed by atoms with Crippen molar-refractivity contribution in [2.75, 3.05) is 32.8 Å². The summed E-state index contributed by atoms with van der Waals surface area (Å²) in [6.45, 7) is 5.25. The third-order valence-corrected chi connectivity index (χ3v) is 5.73. The summed E-state index contributed by atoms with van der Waals surface area (Å²) in [6.07, 6.45) is 4.60. The molecule has 0 N–H and O–H groups in total. The number of benzene rings is 2. The minimum atomic E-state index is 0.187. The Morgan fingerprint density at radius 2 is 1.45 bits per heavy atom. The molecule has 0 radical (unpaired) electrons. The average molecular weight is 423 g/mol. The molecule has 0 atom stereocenters. The van der Waals surface area contributed by atoms with Crippen LogP contribution in [0.25, 0.3) is 0 Å². The van der Waals surface area contributed by atoms with Gasteiger partial charge >= 0.3 is 0 Å². The lowest BCUT2D eigenvalue weighted by Crippen LogP contribution is -2.50. The molecule has 0 saturated carbocycles. The van der Waals surface area contributed by atoms with E-state index in [1.54, 1.807) is 0 Å². The molecule has 0 spiro atoms. The number of aryl methyl sites for hydroxylation is 2. The smallest absolute Gasteiger partial charge is 0.222 e. The van der Waals surface area contributed by atoms with Gasteiger partial charge in [0, 0.05) is 39.0 Å². The van der Waals surface area contributed by atoms with E-state index in [9.17, 15) is 9.59 Å². The largest absolute Gasteiger partial charge is 0.494 e. The Morgan fingerprint density at radius 1 is 0.806 bits per heavy atom. The van der Waals surface area contributed by atoms with Crippen LogP contribution in [0.1, 0.15) is 43.2 Å². The molecule has 1 saturated heterocycles. The van der Waals surface area contributed by atoms with Gasteiger partial charge in [-0.1, -0.05) is 42.5 Å². The first-order chi connectivity index (χ1) is 15.1. The maximum absolute atomic E-state index is 12.5. The molecule has 1 aliphatic rings. The number of nitrogens with zero attached hydrogens (tertiary/aromatic N) is 2. The topological polar surface area (TPSA) is 49.9 Å². The summed E-state index contributed by atoms with van der Waals surface area (Å²) in [6, 6.07) is 18.3. The molecule has 2 aromatic carbocycles. The molecule has 166 valence electrons. The number of piperazine rings is 1. The number of hydrogen-bond donors (Lipinski definition) is 0. The lowest BCUT2D eigenvalue weighted by atomic mass is 10.1. The Bertz CT molecular complexity index is 830. The standard InChI is InChI=1S/C26H34N2O3/c1-22-9-7-13-24(21-22)31-20-6-5-14-25(29)27-16-18-28(19-17-27)26(30)15-8-12-23-10-3-2-4-11-23/h2-4,7,9-11,13,21H,5-6,8,12,14-20H2,1H3. The molecule has 31 heavy (non-hydrogen) atoms. The van der Waals surface area contributed by atoms with E-state index in [1.807, 2.05) is 59.2 Å². The summed E-state index contributed by atoms with van der Waals surface area (Å²) in [5.74, 6) is 1.28. The summed E-state index contributed by atoms with van der Waals surface area (Å²) in [7, 11) is 0. The van der Waals surface area contributed by atoms with Gasteiger partial charge in [-0.2, -0.15) is 0 Å². The molecule has 0 aliphatic carbocycles. The van der Waals surface area contributed by atoms with Crippen molar-refractivity contribution in [2.24, 2.45) is 0 Å². The highest BCUT2D eigenvalue weighted by Crippen LogP contribution is 2.14. The van der Waals surface area contributed by atoms with Gasteiger partial charge < -0.3 is 14.5 Å². The summed E-state index contributed by atoms with van der Waals surface area (Å²) in [5, 5.41) is 0. The van der Waals surface area contributed by atoms with Gasteiger partial charge in [0.2, 0.25) is 11.8 Å². The van der Waals surface area contributed by atoms with E-state index in [4.69, 9.17) is 4.74 Å². The molecule has 2 aromatic rings. The Balaban J connectivity index is 1.26. The van der Waals surface area contributed by atoms with Crippen LogP contribution in [0, 0.1) is 6.92 Å². The number of unbranched alkanes of at least 4 members (excludes halogenated alkanes) is 1. The lowest BCUT2D eigenvalue weighted by Gasteiger charge is -2.35. The average Bonchev–Trinajstić information content (AvgIpc) is 2.79. The fraction of sp³-hybridized carbons (Fsp3) is 0.462. The van der Waals surface area contributed by atoms with E-state index in [0.717, 1.165) is 31.4 Å². The van der Waals surface area contributed by atoms with Gasteiger partial charge in [-0.25, -0.2) is 0 Å². The van der Waals surface area contributed by atoms with Gasteiger partial charge in [0.1, 0.15) is 5.75 Å². The monoisotopic (exact) mass is 422 g/mol. The third kappa shape index (κ3) is 7.74. The van der Waals surface area contributed by atoms with Crippen LogP contribution in [-0.4, -0.2) is 54.4 Å². The van der Waals surface area contributed by atoms with Gasteiger partial charge in [0.15, 0.2) is 0 Å². The number of amides is 2. The fourth-order valence-electron chi connectivity index (χ4n) is 3.88. The van der Waals surface area contributed by atoms with Crippen molar-refractivity contribution < 1.29 is 14.3 Å². The Kier molecular flexibility index (Phi) is 8.95. The van der Waals surface area contributed by atoms with Gasteiger partial charge in [-0.3, -0.25) is 9.59 Å². The molecule has 1 aliphatic heterocycles. The summed E-state index contributed by atoms with van der Waals surface area (Å²) in [5.41, 5.74) is 2.46. The number of hydrogen-bond acceptors (Lipinski definition) is 3. The Hall–Kier alpha value is -2.82. The second kappa shape index (κ2) is 12.1. The maximum atomic E-state index is 12.5. The first-order valence-corrected chi connectivity index (χ1v) is 11.4. The third-order valence-electron chi connectivity index (χ3n) is 5.73. The Labute approximate surface area is 186 Å². The highest BCUT2D eigenvalue weighted by molar-refractivity contribution is 5.78. The van der Waals surface area contributed by atoms with Crippen molar-refractivity contribution in [3.8, 4) is 5.75 Å². The highest BCUT2D eigenvalue weighted by Gasteiger charge is 2.23. The molecule has 2 amide bonds. The molecular formula is C26H34N2O3. The minimum absolute atomic E-state index is 0.187. The molecule has 1 fully saturated rings. The van der Waals surface area contributed by atoms with Crippen LogP contribution in [0.2, 0.25) is 0 Å². The van der Waals surface area contributed by atoms with Crippen molar-refractivity contribution in [1.29, 1.82) is 0 Å². The van der Waals surface area contributed by atoms with Crippen LogP contribution >= 0.6 is 0 Å². The van der Waals surface area contributed by atoms with Crippen LogP contribution in [0.4, 0.5) is 0 Å². The first-order valence-electron chi connectivity index (χ1n) is 11.4. The van der Waals surface area contributed by atoms with E-state index in [2.05, 4.69) is 12.1 Å². The summed E-state index contributed by atoms with van der Waals surface area (Å²) < 4.78 is 5.75. The van der Waals surface area contributed by atoms with Gasteiger partial charge in [0.25, 0.3) is 0 Å². The molecule has 3 rings (SSSR count). The van der Waals surface area contributed by atoms with E-state index in [-0.39, 0.29) is 11.8 Å². The van der Waals surface area contributed by atoms with Crippen LogP contribution < -0.4 is 4.74 Å². The molecule has 0 aromatic heterocycles. The van der Waals surface area contributed by atoms with Crippen molar-refractivity contribution >= 4 is 11.8 Å². The molecule has 5 nitrogen and oxygen atoms in total. The van der Waals surface area contributed by atoms with E-state index < -0.39 is 0 Å². The number of carbonyl (C=O) groups is 2. The zero-order valence-electron chi connectivity index (χ0n) is 18.6. The van der Waals surface area contributed by atoms with Crippen molar-refractivity contribution in [3.63, 3.8) is 0 Å². The highest BCUT2D eigenvalue weighted by atomic mass is 16.5. The molecular weight excluding hydrogens is 388 g/mol.